The number of fused-ring (bicyclic) bond motifs is 1. The van der Waals surface area contributed by atoms with Gasteiger partial charge in [0.1, 0.15) is 12.2 Å². The summed E-state index contributed by atoms with van der Waals surface area (Å²) < 4.78 is 15.6. The number of hydrogen-bond acceptors (Lipinski definition) is 8. The molecular formula is C9H13N3O8. The third kappa shape index (κ3) is 3.24. The second kappa shape index (κ2) is 5.88. The fourth-order valence-corrected chi connectivity index (χ4v) is 2.07. The van der Waals surface area contributed by atoms with Crippen molar-refractivity contribution in [2.75, 3.05) is 19.8 Å². The first kappa shape index (κ1) is 14.3. The molecule has 0 aromatic heterocycles. The zero-order valence-electron chi connectivity index (χ0n) is 10.2. The number of hydrogen-bond donors (Lipinski definition) is 2. The molecule has 3 N–H and O–H groups in total. The van der Waals surface area contributed by atoms with Gasteiger partial charge in [-0.15, -0.1) is 10.1 Å². The highest BCUT2D eigenvalue weighted by Gasteiger charge is 2.51. The lowest BCUT2D eigenvalue weighted by atomic mass is 10.1. The van der Waals surface area contributed by atoms with Gasteiger partial charge in [0.15, 0.2) is 12.2 Å². The van der Waals surface area contributed by atoms with Crippen molar-refractivity contribution < 1.29 is 33.7 Å². The molecule has 0 aromatic carbocycles. The fourth-order valence-electron chi connectivity index (χ4n) is 2.07. The molecule has 0 aliphatic carbocycles. The van der Waals surface area contributed by atoms with E-state index in [1.165, 1.54) is 0 Å². The molecule has 2 aliphatic heterocycles. The molecule has 112 valence electrons. The van der Waals surface area contributed by atoms with Gasteiger partial charge in [-0.05, 0) is 0 Å². The van der Waals surface area contributed by atoms with Gasteiger partial charge in [-0.25, -0.2) is 4.79 Å². The number of amides is 2. The van der Waals surface area contributed by atoms with Crippen LogP contribution in [0.3, 0.4) is 0 Å². The van der Waals surface area contributed by atoms with Crippen molar-refractivity contribution >= 4 is 12.0 Å². The Hall–Kier alpha value is -2.14. The highest BCUT2D eigenvalue weighted by atomic mass is 17.0. The van der Waals surface area contributed by atoms with Crippen molar-refractivity contribution in [3.63, 3.8) is 0 Å². The molecule has 0 bridgehead atoms. The lowest BCUT2D eigenvalue weighted by Crippen LogP contribution is -2.40. The Morgan fingerprint density at radius 2 is 1.90 bits per heavy atom. The van der Waals surface area contributed by atoms with E-state index >= 15 is 0 Å². The molecule has 2 rings (SSSR count). The molecule has 2 heterocycles. The first-order chi connectivity index (χ1) is 9.47. The SMILES string of the molecule is NC(=O)CNC(=O)O[C@H]1CO[C@H]2[C@@H]1OC[C@H]2O[N+](=O)[O-]. The van der Waals surface area contributed by atoms with Gasteiger partial charge in [0.25, 0.3) is 5.09 Å². The van der Waals surface area contributed by atoms with Crippen LogP contribution >= 0.6 is 0 Å². The Bertz CT molecular complexity index is 416. The molecule has 0 unspecified atom stereocenters. The van der Waals surface area contributed by atoms with E-state index in [1.54, 1.807) is 0 Å². The number of primary amides is 1. The second-order valence-electron chi connectivity index (χ2n) is 4.23. The van der Waals surface area contributed by atoms with Crippen molar-refractivity contribution in [2.45, 2.75) is 24.4 Å². The van der Waals surface area contributed by atoms with Crippen molar-refractivity contribution in [2.24, 2.45) is 5.73 Å². The third-order valence-corrected chi connectivity index (χ3v) is 2.85. The van der Waals surface area contributed by atoms with Gasteiger partial charge in [-0.1, -0.05) is 0 Å². The van der Waals surface area contributed by atoms with Crippen LogP contribution < -0.4 is 11.1 Å². The van der Waals surface area contributed by atoms with Crippen molar-refractivity contribution in [1.29, 1.82) is 0 Å². The highest BCUT2D eigenvalue weighted by molar-refractivity contribution is 5.80. The normalized spacial score (nSPS) is 31.4. The van der Waals surface area contributed by atoms with Crippen LogP contribution in [0.15, 0.2) is 0 Å². The molecule has 11 heteroatoms. The van der Waals surface area contributed by atoms with Crippen LogP contribution in [0.25, 0.3) is 0 Å². The van der Waals surface area contributed by atoms with E-state index in [4.69, 9.17) is 19.9 Å². The lowest BCUT2D eigenvalue weighted by molar-refractivity contribution is -0.769. The van der Waals surface area contributed by atoms with Gasteiger partial charge >= 0.3 is 6.09 Å². The maximum absolute atomic E-state index is 11.4. The van der Waals surface area contributed by atoms with E-state index in [0.717, 1.165) is 0 Å². The average Bonchev–Trinajstić information content (AvgIpc) is 2.91. The predicted octanol–water partition coefficient (Wildman–Crippen LogP) is -2.06. The number of nitrogens with zero attached hydrogens (tertiary/aromatic N) is 1. The molecule has 2 saturated heterocycles. The largest absolute Gasteiger partial charge is 0.441 e. The number of nitrogens with one attached hydrogen (secondary N) is 1. The molecule has 2 amide bonds. The number of nitrogens with two attached hydrogens (primary N) is 1. The lowest BCUT2D eigenvalue weighted by Gasteiger charge is -2.16. The van der Waals surface area contributed by atoms with E-state index in [-0.39, 0.29) is 19.8 Å². The van der Waals surface area contributed by atoms with Gasteiger partial charge < -0.3 is 30.1 Å². The summed E-state index contributed by atoms with van der Waals surface area (Å²) in [5.74, 6) is -0.709. The van der Waals surface area contributed by atoms with Crippen LogP contribution in [0.5, 0.6) is 0 Å². The molecule has 2 fully saturated rings. The van der Waals surface area contributed by atoms with Crippen molar-refractivity contribution in [3.8, 4) is 0 Å². The summed E-state index contributed by atoms with van der Waals surface area (Å²) in [5, 5.41) is 11.5. The smallest absolute Gasteiger partial charge is 0.408 e. The van der Waals surface area contributed by atoms with Gasteiger partial charge in [0, 0.05) is 0 Å². The summed E-state index contributed by atoms with van der Waals surface area (Å²) >= 11 is 0. The highest BCUT2D eigenvalue weighted by Crippen LogP contribution is 2.30. The molecule has 4 atom stereocenters. The first-order valence-electron chi connectivity index (χ1n) is 5.74. The topological polar surface area (TPSA) is 152 Å². The third-order valence-electron chi connectivity index (χ3n) is 2.85. The van der Waals surface area contributed by atoms with E-state index in [2.05, 4.69) is 10.2 Å². The van der Waals surface area contributed by atoms with Crippen LogP contribution in [0.2, 0.25) is 0 Å². The Kier molecular flexibility index (Phi) is 4.20. The molecule has 2 aliphatic rings. The van der Waals surface area contributed by atoms with Gasteiger partial charge in [-0.2, -0.15) is 0 Å². The fraction of sp³-hybridized carbons (Fsp3) is 0.778. The number of alkyl carbamates (subject to hydrolysis) is 1. The maximum atomic E-state index is 11.4. The number of carbonyl (C=O) groups is 2. The average molecular weight is 291 g/mol. The first-order valence-corrected chi connectivity index (χ1v) is 5.74. The van der Waals surface area contributed by atoms with Crippen LogP contribution in [-0.4, -0.2) is 61.3 Å². The van der Waals surface area contributed by atoms with Gasteiger partial charge in [-0.3, -0.25) is 4.79 Å². The Morgan fingerprint density at radius 1 is 1.30 bits per heavy atom. The molecule has 11 nitrogen and oxygen atoms in total. The minimum atomic E-state index is -0.923. The summed E-state index contributed by atoms with van der Waals surface area (Å²) in [7, 11) is 0. The van der Waals surface area contributed by atoms with Crippen LogP contribution in [0.4, 0.5) is 4.79 Å². The van der Waals surface area contributed by atoms with E-state index in [9.17, 15) is 19.7 Å². The molecule has 0 aromatic rings. The quantitative estimate of drug-likeness (QED) is 0.433. The second-order valence-corrected chi connectivity index (χ2v) is 4.23. The molecular weight excluding hydrogens is 278 g/mol. The van der Waals surface area contributed by atoms with Crippen molar-refractivity contribution in [1.82, 2.24) is 5.32 Å². The standard InChI is InChI=1S/C9H13N3O8/c10-6(13)1-11-9(14)19-4-2-17-8-5(20-12(15)16)3-18-7(4)8/h4-5,7-8H,1-3H2,(H2,10,13)(H,11,14)/t4-,5+,7+,8+/m0/s1. The zero-order chi connectivity index (χ0) is 14.7. The van der Waals surface area contributed by atoms with Gasteiger partial charge in [0.2, 0.25) is 5.91 Å². The summed E-state index contributed by atoms with van der Waals surface area (Å²) in [5.41, 5.74) is 4.86. The minimum absolute atomic E-state index is 0.0247. The Morgan fingerprint density at radius 3 is 2.50 bits per heavy atom. The summed E-state index contributed by atoms with van der Waals surface area (Å²) in [6, 6.07) is 0. The summed E-state index contributed by atoms with van der Waals surface area (Å²) in [6.07, 6.45) is -3.74. The summed E-state index contributed by atoms with van der Waals surface area (Å²) in [4.78, 5) is 36.5. The van der Waals surface area contributed by atoms with Crippen LogP contribution in [0, 0.1) is 10.1 Å². The Labute approximate surface area is 112 Å². The summed E-state index contributed by atoms with van der Waals surface area (Å²) in [6.45, 7) is -0.357. The van der Waals surface area contributed by atoms with Crippen LogP contribution in [0.1, 0.15) is 0 Å². The van der Waals surface area contributed by atoms with E-state index in [1.807, 2.05) is 0 Å². The predicted molar refractivity (Wildman–Crippen MR) is 58.8 cm³/mol. The monoisotopic (exact) mass is 291 g/mol. The molecule has 0 spiro atoms. The van der Waals surface area contributed by atoms with E-state index in [0.29, 0.717) is 0 Å². The van der Waals surface area contributed by atoms with Crippen molar-refractivity contribution in [3.05, 3.63) is 10.1 Å². The maximum Gasteiger partial charge on any atom is 0.408 e. The zero-order valence-corrected chi connectivity index (χ0v) is 10.2. The Balaban J connectivity index is 1.83. The molecule has 0 saturated carbocycles. The van der Waals surface area contributed by atoms with Crippen LogP contribution in [-0.2, 0) is 23.8 Å². The number of carbonyl (C=O) groups excluding carboxylic acids is 2. The molecule has 0 radical (unpaired) electrons. The van der Waals surface area contributed by atoms with E-state index < -0.39 is 41.5 Å². The number of rotatable bonds is 5. The van der Waals surface area contributed by atoms with Gasteiger partial charge in [0.05, 0.1) is 19.8 Å². The minimum Gasteiger partial charge on any atom is -0.441 e. The molecule has 20 heavy (non-hydrogen) atoms. The number of ether oxygens (including phenoxy) is 3.